The lowest BCUT2D eigenvalue weighted by Crippen LogP contribution is -2.31. The van der Waals surface area contributed by atoms with Crippen molar-refractivity contribution in [3.05, 3.63) is 102 Å². The Morgan fingerprint density at radius 3 is 2.19 bits per heavy atom. The second kappa shape index (κ2) is 12.5. The maximum absolute atomic E-state index is 12.4. The highest BCUT2D eigenvalue weighted by atomic mass is 19.4. The number of rotatable bonds is 7. The predicted octanol–water partition coefficient (Wildman–Crippen LogP) is 5.41. The van der Waals surface area contributed by atoms with E-state index in [0.29, 0.717) is 29.3 Å². The molecule has 0 aliphatic heterocycles. The molecule has 5 aromatic rings. The molecule has 0 aliphatic carbocycles. The van der Waals surface area contributed by atoms with E-state index in [4.69, 9.17) is 19.6 Å². The van der Waals surface area contributed by atoms with Crippen LogP contribution in [-0.2, 0) is 17.4 Å². The number of imidazole rings is 1. The average molecular weight is 594 g/mol. The van der Waals surface area contributed by atoms with Crippen molar-refractivity contribution in [2.24, 2.45) is 7.05 Å². The van der Waals surface area contributed by atoms with E-state index in [0.717, 1.165) is 27.7 Å². The first-order valence-corrected chi connectivity index (χ1v) is 13.1. The summed E-state index contributed by atoms with van der Waals surface area (Å²) in [5.41, 5.74) is 4.30. The number of anilines is 1. The van der Waals surface area contributed by atoms with Crippen LogP contribution in [0.5, 0.6) is 5.88 Å². The van der Waals surface area contributed by atoms with Crippen molar-refractivity contribution in [2.45, 2.75) is 18.7 Å². The molecule has 12 heteroatoms. The molecular formula is C31H30F3N5O4. The highest BCUT2D eigenvalue weighted by Crippen LogP contribution is 2.44. The van der Waals surface area contributed by atoms with E-state index >= 15 is 0 Å². The fraction of sp³-hybridized carbons (Fsp3) is 0.226. The molecular weight excluding hydrogens is 563 g/mol. The number of carboxylic acids is 1. The van der Waals surface area contributed by atoms with Crippen molar-refractivity contribution >= 4 is 22.6 Å². The number of aromatic nitrogens is 4. The molecule has 3 heterocycles. The van der Waals surface area contributed by atoms with Gasteiger partial charge in [-0.2, -0.15) is 13.2 Å². The molecule has 0 saturated carbocycles. The molecule has 43 heavy (non-hydrogen) atoms. The van der Waals surface area contributed by atoms with Gasteiger partial charge in [0, 0.05) is 38.9 Å². The first-order valence-electron chi connectivity index (χ1n) is 13.1. The fourth-order valence-electron chi connectivity index (χ4n) is 4.78. The summed E-state index contributed by atoms with van der Waals surface area (Å²) in [7, 11) is 5.91. The van der Waals surface area contributed by atoms with E-state index in [-0.39, 0.29) is 0 Å². The number of hydrogen-bond donors (Lipinski definition) is 2. The first-order chi connectivity index (χ1) is 20.4. The molecule has 5 rings (SSSR count). The molecule has 9 nitrogen and oxygen atoms in total. The monoisotopic (exact) mass is 593 g/mol. The van der Waals surface area contributed by atoms with Crippen LogP contribution >= 0.6 is 0 Å². The van der Waals surface area contributed by atoms with E-state index in [1.165, 1.54) is 0 Å². The molecule has 0 fully saturated rings. The van der Waals surface area contributed by atoms with Gasteiger partial charge in [-0.25, -0.2) is 14.8 Å². The normalized spacial score (nSPS) is 12.7. The third-order valence-electron chi connectivity index (χ3n) is 6.66. The van der Waals surface area contributed by atoms with Gasteiger partial charge in [0.15, 0.2) is 5.60 Å². The summed E-state index contributed by atoms with van der Waals surface area (Å²) in [6.07, 6.45) is 1.68. The molecule has 224 valence electrons. The van der Waals surface area contributed by atoms with Crippen LogP contribution in [0.2, 0.25) is 0 Å². The number of aliphatic hydroxyl groups is 1. The molecule has 2 N–H and O–H groups in total. The SMILES string of the molecule is CCOc1nc2ccc(C(O)(c3ccncc3)c3cncn3C)cc2c(N(C)C)c1-c1ccccc1.O=C(O)C(F)(F)F. The second-order valence-electron chi connectivity index (χ2n) is 9.70. The number of halogens is 3. The van der Waals surface area contributed by atoms with Crippen molar-refractivity contribution in [1.82, 2.24) is 19.5 Å². The lowest BCUT2D eigenvalue weighted by atomic mass is 9.83. The first kappa shape index (κ1) is 31.0. The quantitative estimate of drug-likeness (QED) is 0.258. The van der Waals surface area contributed by atoms with Crippen LogP contribution in [0.1, 0.15) is 23.7 Å². The molecule has 0 radical (unpaired) electrons. The Hall–Kier alpha value is -4.97. The van der Waals surface area contributed by atoms with E-state index in [1.807, 2.05) is 81.2 Å². The smallest absolute Gasteiger partial charge is 0.477 e. The third kappa shape index (κ3) is 6.28. The maximum Gasteiger partial charge on any atom is 0.490 e. The molecule has 2 aromatic carbocycles. The summed E-state index contributed by atoms with van der Waals surface area (Å²) in [6, 6.07) is 19.7. The molecule has 0 aliphatic rings. The average Bonchev–Trinajstić information content (AvgIpc) is 3.42. The van der Waals surface area contributed by atoms with Crippen LogP contribution in [0.15, 0.2) is 85.6 Å². The number of benzene rings is 2. The summed E-state index contributed by atoms with van der Waals surface area (Å²) >= 11 is 0. The van der Waals surface area contributed by atoms with Crippen LogP contribution in [0.3, 0.4) is 0 Å². The van der Waals surface area contributed by atoms with Gasteiger partial charge >= 0.3 is 12.1 Å². The number of carbonyl (C=O) groups is 1. The number of pyridine rings is 2. The fourth-order valence-corrected chi connectivity index (χ4v) is 4.78. The largest absolute Gasteiger partial charge is 0.490 e. The van der Waals surface area contributed by atoms with Gasteiger partial charge in [0.05, 0.1) is 41.6 Å². The van der Waals surface area contributed by atoms with Crippen LogP contribution < -0.4 is 9.64 Å². The minimum absolute atomic E-state index is 0.506. The number of aliphatic carboxylic acids is 1. The Morgan fingerprint density at radius 2 is 1.65 bits per heavy atom. The summed E-state index contributed by atoms with van der Waals surface area (Å²) in [6.45, 7) is 2.47. The van der Waals surface area contributed by atoms with E-state index in [9.17, 15) is 18.3 Å². The highest BCUT2D eigenvalue weighted by molar-refractivity contribution is 6.02. The van der Waals surface area contributed by atoms with Gasteiger partial charge in [0.2, 0.25) is 5.88 Å². The van der Waals surface area contributed by atoms with Gasteiger partial charge in [-0.15, -0.1) is 0 Å². The number of fused-ring (bicyclic) bond motifs is 1. The summed E-state index contributed by atoms with van der Waals surface area (Å²) < 4.78 is 39.6. The minimum atomic E-state index is -5.08. The van der Waals surface area contributed by atoms with Crippen molar-refractivity contribution in [3.63, 3.8) is 0 Å². The number of aryl methyl sites for hydroxylation is 1. The van der Waals surface area contributed by atoms with Crippen LogP contribution in [0.25, 0.3) is 22.0 Å². The topological polar surface area (TPSA) is 114 Å². The molecule has 1 atom stereocenters. The number of nitrogens with zero attached hydrogens (tertiary/aromatic N) is 5. The second-order valence-corrected chi connectivity index (χ2v) is 9.70. The Kier molecular flexibility index (Phi) is 9.00. The lowest BCUT2D eigenvalue weighted by Gasteiger charge is -2.30. The van der Waals surface area contributed by atoms with Gasteiger partial charge in [0.25, 0.3) is 0 Å². The van der Waals surface area contributed by atoms with Gasteiger partial charge in [-0.1, -0.05) is 36.4 Å². The zero-order valence-electron chi connectivity index (χ0n) is 23.9. The molecule has 0 bridgehead atoms. The molecule has 0 amide bonds. The van der Waals surface area contributed by atoms with Crippen LogP contribution in [-0.4, -0.2) is 62.6 Å². The van der Waals surface area contributed by atoms with Crippen molar-refractivity contribution in [3.8, 4) is 17.0 Å². The molecule has 3 aromatic heterocycles. The third-order valence-corrected chi connectivity index (χ3v) is 6.66. The van der Waals surface area contributed by atoms with Crippen LogP contribution in [0, 0.1) is 0 Å². The standard InChI is InChI=1S/C29H29N5O2.C2HF3O2/c1-5-36-28-26(20-9-7-6-8-10-20)27(33(2)3)23-17-22(11-12-24(23)32-28)29(35,21-13-15-30-16-14-21)25-18-31-19-34(25)4;3-2(4,5)1(6)7/h6-19,35H,5H2,1-4H3;(H,6,7). The zero-order chi connectivity index (χ0) is 31.4. The number of hydrogen-bond acceptors (Lipinski definition) is 7. The van der Waals surface area contributed by atoms with Gasteiger partial charge in [0.1, 0.15) is 0 Å². The predicted molar refractivity (Wildman–Crippen MR) is 156 cm³/mol. The van der Waals surface area contributed by atoms with Gasteiger partial charge in [-0.05, 0) is 47.9 Å². The maximum atomic E-state index is 12.4. The van der Waals surface area contributed by atoms with Crippen LogP contribution in [0.4, 0.5) is 18.9 Å². The minimum Gasteiger partial charge on any atom is -0.477 e. The van der Waals surface area contributed by atoms with E-state index in [2.05, 4.69) is 27.0 Å². The van der Waals surface area contributed by atoms with Gasteiger partial charge in [-0.3, -0.25) is 4.98 Å². The molecule has 1 unspecified atom stereocenters. The Balaban J connectivity index is 0.000000541. The summed E-state index contributed by atoms with van der Waals surface area (Å²) in [5, 5.41) is 20.4. The molecule has 0 spiro atoms. The summed E-state index contributed by atoms with van der Waals surface area (Å²) in [4.78, 5) is 24.3. The van der Waals surface area contributed by atoms with E-state index < -0.39 is 17.7 Å². The number of ether oxygens (including phenoxy) is 1. The Labute approximate surface area is 245 Å². The van der Waals surface area contributed by atoms with Gasteiger partial charge < -0.3 is 24.4 Å². The van der Waals surface area contributed by atoms with Crippen molar-refractivity contribution < 1.29 is 32.9 Å². The van der Waals surface area contributed by atoms with Crippen molar-refractivity contribution in [1.29, 1.82) is 0 Å². The Bertz CT molecular complexity index is 1710. The van der Waals surface area contributed by atoms with E-state index in [1.54, 1.807) is 24.9 Å². The zero-order valence-corrected chi connectivity index (χ0v) is 23.9. The highest BCUT2D eigenvalue weighted by Gasteiger charge is 2.38. The summed E-state index contributed by atoms with van der Waals surface area (Å²) in [5.74, 6) is -2.17. The van der Waals surface area contributed by atoms with Crippen molar-refractivity contribution in [2.75, 3.05) is 25.6 Å². The molecule has 0 saturated heterocycles. The Morgan fingerprint density at radius 1 is 1.00 bits per heavy atom. The number of carboxylic acid groups (broad SMARTS) is 1. The number of alkyl halides is 3. The lowest BCUT2D eigenvalue weighted by molar-refractivity contribution is -0.192.